The molecule has 0 saturated heterocycles. The molecule has 0 bridgehead atoms. The number of rotatable bonds is 7. The molecule has 2 aromatic carbocycles. The number of hydrogen-bond acceptors (Lipinski definition) is 5. The maximum absolute atomic E-state index is 12.0. The molecule has 0 aliphatic carbocycles. The van der Waals surface area contributed by atoms with E-state index in [4.69, 9.17) is 4.74 Å². The number of methoxy groups -OCH3 is 1. The van der Waals surface area contributed by atoms with Gasteiger partial charge in [-0.1, -0.05) is 30.3 Å². The lowest BCUT2D eigenvalue weighted by Crippen LogP contribution is -2.29. The van der Waals surface area contributed by atoms with Gasteiger partial charge in [-0.25, -0.2) is 0 Å². The summed E-state index contributed by atoms with van der Waals surface area (Å²) < 4.78 is 5.08. The fraction of sp³-hybridized carbons (Fsp3) is 0.235. The van der Waals surface area contributed by atoms with Crippen molar-refractivity contribution in [3.63, 3.8) is 0 Å². The largest absolute Gasteiger partial charge is 0.497 e. The summed E-state index contributed by atoms with van der Waals surface area (Å²) in [6.07, 6.45) is -1.02. The van der Waals surface area contributed by atoms with Gasteiger partial charge in [0.1, 0.15) is 5.75 Å². The number of ether oxygens (including phenoxy) is 1. The van der Waals surface area contributed by atoms with Crippen LogP contribution in [0.1, 0.15) is 17.2 Å². The van der Waals surface area contributed by atoms with Gasteiger partial charge in [0.25, 0.3) is 5.69 Å². The van der Waals surface area contributed by atoms with E-state index in [-0.39, 0.29) is 18.7 Å². The first-order valence-corrected chi connectivity index (χ1v) is 7.32. The Kier molecular flexibility index (Phi) is 5.86. The standard InChI is InChI=1S/C17H18N2O5/c1-24-14-7-4-6-13(9-14)16(20)11-18-17(21)10-12-5-2-3-8-15(12)19(22)23/h2-9,16,20H,10-11H2,1H3,(H,18,21)/t16-/m1/s1. The van der Waals surface area contributed by atoms with Crippen LogP contribution in [-0.2, 0) is 11.2 Å². The molecule has 24 heavy (non-hydrogen) atoms. The van der Waals surface area contributed by atoms with Crippen LogP contribution in [0.25, 0.3) is 0 Å². The summed E-state index contributed by atoms with van der Waals surface area (Å²) in [5, 5.41) is 23.6. The van der Waals surface area contributed by atoms with Gasteiger partial charge in [0, 0.05) is 18.2 Å². The van der Waals surface area contributed by atoms with Gasteiger partial charge in [-0.15, -0.1) is 0 Å². The van der Waals surface area contributed by atoms with Crippen molar-refractivity contribution < 1.29 is 19.6 Å². The van der Waals surface area contributed by atoms with Crippen LogP contribution >= 0.6 is 0 Å². The fourth-order valence-electron chi connectivity index (χ4n) is 2.25. The molecule has 2 aromatic rings. The number of aliphatic hydroxyl groups is 1. The lowest BCUT2D eigenvalue weighted by Gasteiger charge is -2.13. The van der Waals surface area contributed by atoms with E-state index in [0.717, 1.165) is 0 Å². The normalized spacial score (nSPS) is 11.6. The molecule has 7 heteroatoms. The average Bonchev–Trinajstić information content (AvgIpc) is 2.60. The highest BCUT2D eigenvalue weighted by Crippen LogP contribution is 2.19. The summed E-state index contributed by atoms with van der Waals surface area (Å²) >= 11 is 0. The zero-order valence-electron chi connectivity index (χ0n) is 13.1. The number of nitro benzene ring substituents is 1. The van der Waals surface area contributed by atoms with Crippen LogP contribution in [0.15, 0.2) is 48.5 Å². The molecule has 0 aliphatic rings. The molecule has 1 atom stereocenters. The number of benzene rings is 2. The van der Waals surface area contributed by atoms with Gasteiger partial charge in [-0.3, -0.25) is 14.9 Å². The smallest absolute Gasteiger partial charge is 0.273 e. The number of nitro groups is 1. The Bertz CT molecular complexity index is 732. The van der Waals surface area contributed by atoms with Crippen molar-refractivity contribution in [3.05, 3.63) is 69.8 Å². The molecule has 0 fully saturated rings. The van der Waals surface area contributed by atoms with E-state index in [1.165, 1.54) is 19.2 Å². The summed E-state index contributed by atoms with van der Waals surface area (Å²) in [6, 6.07) is 13.0. The van der Waals surface area contributed by atoms with Crippen molar-refractivity contribution in [1.29, 1.82) is 0 Å². The van der Waals surface area contributed by atoms with Crippen LogP contribution < -0.4 is 10.1 Å². The molecule has 1 amide bonds. The molecule has 0 radical (unpaired) electrons. The molecule has 2 rings (SSSR count). The van der Waals surface area contributed by atoms with Crippen LogP contribution in [0.4, 0.5) is 5.69 Å². The van der Waals surface area contributed by atoms with Crippen LogP contribution in [0.2, 0.25) is 0 Å². The maximum atomic E-state index is 12.0. The Morgan fingerprint density at radius 1 is 1.29 bits per heavy atom. The van der Waals surface area contributed by atoms with E-state index < -0.39 is 16.9 Å². The third kappa shape index (κ3) is 4.53. The SMILES string of the molecule is COc1cccc([C@H](O)CNC(=O)Cc2ccccc2[N+](=O)[O-])c1. The predicted octanol–water partition coefficient (Wildman–Crippen LogP) is 2.00. The summed E-state index contributed by atoms with van der Waals surface area (Å²) in [6.45, 7) is 0.00658. The number of carbonyl (C=O) groups is 1. The first-order valence-electron chi connectivity index (χ1n) is 7.32. The highest BCUT2D eigenvalue weighted by atomic mass is 16.6. The van der Waals surface area contributed by atoms with Crippen LogP contribution in [0.5, 0.6) is 5.75 Å². The molecule has 7 nitrogen and oxygen atoms in total. The Morgan fingerprint density at radius 3 is 2.75 bits per heavy atom. The Balaban J connectivity index is 1.94. The molecule has 126 valence electrons. The zero-order chi connectivity index (χ0) is 17.5. The highest BCUT2D eigenvalue weighted by Gasteiger charge is 2.16. The van der Waals surface area contributed by atoms with Gasteiger partial charge in [-0.2, -0.15) is 0 Å². The minimum absolute atomic E-state index is 0.00658. The van der Waals surface area contributed by atoms with Crippen molar-refractivity contribution in [3.8, 4) is 5.75 Å². The zero-order valence-corrected chi connectivity index (χ0v) is 13.1. The lowest BCUT2D eigenvalue weighted by atomic mass is 10.1. The molecule has 0 spiro atoms. The minimum atomic E-state index is -0.894. The molecule has 0 aliphatic heterocycles. The Morgan fingerprint density at radius 2 is 2.04 bits per heavy atom. The molecule has 0 saturated carbocycles. The summed E-state index contributed by atoms with van der Waals surface area (Å²) in [7, 11) is 1.53. The number of aliphatic hydroxyl groups excluding tert-OH is 1. The third-order valence-electron chi connectivity index (χ3n) is 3.51. The van der Waals surface area contributed by atoms with Gasteiger partial charge in [-0.05, 0) is 17.7 Å². The minimum Gasteiger partial charge on any atom is -0.497 e. The van der Waals surface area contributed by atoms with Crippen LogP contribution in [0.3, 0.4) is 0 Å². The highest BCUT2D eigenvalue weighted by molar-refractivity contribution is 5.79. The van der Waals surface area contributed by atoms with Gasteiger partial charge < -0.3 is 15.2 Å². The Hall–Kier alpha value is -2.93. The molecule has 0 aromatic heterocycles. The molecular formula is C17H18N2O5. The quantitative estimate of drug-likeness (QED) is 0.597. The molecular weight excluding hydrogens is 312 g/mol. The predicted molar refractivity (Wildman–Crippen MR) is 87.8 cm³/mol. The molecule has 2 N–H and O–H groups in total. The van der Waals surface area contributed by atoms with Crippen molar-refractivity contribution in [2.45, 2.75) is 12.5 Å². The van der Waals surface area contributed by atoms with Crippen molar-refractivity contribution in [2.24, 2.45) is 0 Å². The second kappa shape index (κ2) is 8.07. The molecule has 0 heterocycles. The number of nitrogens with zero attached hydrogens (tertiary/aromatic N) is 1. The maximum Gasteiger partial charge on any atom is 0.273 e. The van der Waals surface area contributed by atoms with E-state index in [0.29, 0.717) is 16.9 Å². The second-order valence-electron chi connectivity index (χ2n) is 5.16. The number of nitrogens with one attached hydrogen (secondary N) is 1. The molecule has 0 unspecified atom stereocenters. The van der Waals surface area contributed by atoms with E-state index in [1.54, 1.807) is 36.4 Å². The number of para-hydroxylation sites is 1. The van der Waals surface area contributed by atoms with E-state index in [1.807, 2.05) is 0 Å². The van der Waals surface area contributed by atoms with Crippen molar-refractivity contribution >= 4 is 11.6 Å². The second-order valence-corrected chi connectivity index (χ2v) is 5.16. The first-order chi connectivity index (χ1) is 11.5. The van der Waals surface area contributed by atoms with Gasteiger partial charge in [0.2, 0.25) is 5.91 Å². The van der Waals surface area contributed by atoms with Crippen molar-refractivity contribution in [2.75, 3.05) is 13.7 Å². The van der Waals surface area contributed by atoms with Gasteiger partial charge in [0.15, 0.2) is 0 Å². The van der Waals surface area contributed by atoms with E-state index >= 15 is 0 Å². The average molecular weight is 330 g/mol. The van der Waals surface area contributed by atoms with E-state index in [9.17, 15) is 20.0 Å². The van der Waals surface area contributed by atoms with E-state index in [2.05, 4.69) is 5.32 Å². The monoisotopic (exact) mass is 330 g/mol. The van der Waals surface area contributed by atoms with Crippen LogP contribution in [-0.4, -0.2) is 29.6 Å². The summed E-state index contributed by atoms with van der Waals surface area (Å²) in [5.74, 6) is 0.212. The summed E-state index contributed by atoms with van der Waals surface area (Å²) in [4.78, 5) is 22.4. The van der Waals surface area contributed by atoms with Gasteiger partial charge in [0.05, 0.1) is 24.6 Å². The topological polar surface area (TPSA) is 102 Å². The number of carbonyl (C=O) groups excluding carboxylic acids is 1. The third-order valence-corrected chi connectivity index (χ3v) is 3.51. The summed E-state index contributed by atoms with van der Waals surface area (Å²) in [5.41, 5.74) is 0.845. The van der Waals surface area contributed by atoms with Gasteiger partial charge >= 0.3 is 0 Å². The number of amides is 1. The van der Waals surface area contributed by atoms with Crippen LogP contribution in [0, 0.1) is 10.1 Å². The first kappa shape index (κ1) is 17.4. The fourth-order valence-corrected chi connectivity index (χ4v) is 2.25. The number of hydrogen-bond donors (Lipinski definition) is 2. The Labute approximate surface area is 139 Å². The lowest BCUT2D eigenvalue weighted by molar-refractivity contribution is -0.385. The van der Waals surface area contributed by atoms with Crippen molar-refractivity contribution in [1.82, 2.24) is 5.32 Å².